The molecule has 0 atom stereocenters. The van der Waals surface area contributed by atoms with E-state index in [1.165, 1.54) is 0 Å². The molecule has 0 N–H and O–H groups in total. The summed E-state index contributed by atoms with van der Waals surface area (Å²) in [6.07, 6.45) is 0.889. The van der Waals surface area contributed by atoms with Crippen LogP contribution in [0.15, 0.2) is 57.7 Å². The van der Waals surface area contributed by atoms with Crippen LogP contribution < -0.4 is 10.2 Å². The van der Waals surface area contributed by atoms with E-state index in [2.05, 4.69) is 6.92 Å². The summed E-state index contributed by atoms with van der Waals surface area (Å²) in [5, 5.41) is 0.534. The highest BCUT2D eigenvalue weighted by Gasteiger charge is 2.10. The second-order valence-electron chi connectivity index (χ2n) is 4.85. The summed E-state index contributed by atoms with van der Waals surface area (Å²) in [5.41, 5.74) is 2.64. The molecule has 0 fully saturated rings. The molecular weight excluding hydrogens is 264 g/mol. The molecule has 3 rings (SSSR count). The smallest absolute Gasteiger partial charge is 0.193 e. The lowest BCUT2D eigenvalue weighted by molar-refractivity contribution is 0.415. The standard InChI is InChI=1S/C18H16O3/c1-3-12-6-4-5-7-14(12)18-11-16(19)15-10-13(20-2)8-9-17(15)21-18/h4-11H,3H2,1-2H3. The normalized spacial score (nSPS) is 10.8. The first-order valence-electron chi connectivity index (χ1n) is 6.93. The van der Waals surface area contributed by atoms with E-state index < -0.39 is 0 Å². The van der Waals surface area contributed by atoms with Crippen molar-refractivity contribution in [2.75, 3.05) is 7.11 Å². The molecule has 0 aliphatic carbocycles. The molecule has 0 spiro atoms. The maximum Gasteiger partial charge on any atom is 0.193 e. The summed E-state index contributed by atoms with van der Waals surface area (Å²) in [7, 11) is 1.58. The monoisotopic (exact) mass is 280 g/mol. The quantitative estimate of drug-likeness (QED) is 0.727. The minimum Gasteiger partial charge on any atom is -0.497 e. The minimum absolute atomic E-state index is 0.0592. The van der Waals surface area contributed by atoms with E-state index in [4.69, 9.17) is 9.15 Å². The molecule has 21 heavy (non-hydrogen) atoms. The summed E-state index contributed by atoms with van der Waals surface area (Å²) < 4.78 is 11.1. The average Bonchev–Trinajstić information content (AvgIpc) is 2.54. The molecule has 3 nitrogen and oxygen atoms in total. The summed E-state index contributed by atoms with van der Waals surface area (Å²) in [4.78, 5) is 12.3. The van der Waals surface area contributed by atoms with Gasteiger partial charge in [0.2, 0.25) is 0 Å². The van der Waals surface area contributed by atoms with Gasteiger partial charge < -0.3 is 9.15 Å². The van der Waals surface area contributed by atoms with Gasteiger partial charge in [0, 0.05) is 11.6 Å². The third-order valence-corrected chi connectivity index (χ3v) is 3.60. The van der Waals surface area contributed by atoms with Gasteiger partial charge >= 0.3 is 0 Å². The molecule has 1 heterocycles. The number of fused-ring (bicyclic) bond motifs is 1. The molecule has 0 aliphatic heterocycles. The van der Waals surface area contributed by atoms with E-state index in [0.29, 0.717) is 22.5 Å². The number of methoxy groups -OCH3 is 1. The second kappa shape index (κ2) is 5.44. The van der Waals surface area contributed by atoms with Crippen molar-refractivity contribution in [1.29, 1.82) is 0 Å². The van der Waals surface area contributed by atoms with Crippen molar-refractivity contribution in [1.82, 2.24) is 0 Å². The topological polar surface area (TPSA) is 39.4 Å². The van der Waals surface area contributed by atoms with Crippen LogP contribution in [0.1, 0.15) is 12.5 Å². The Balaban J connectivity index is 2.24. The van der Waals surface area contributed by atoms with Gasteiger partial charge in [0.05, 0.1) is 12.5 Å². The summed E-state index contributed by atoms with van der Waals surface area (Å²) >= 11 is 0. The Hall–Kier alpha value is -2.55. The largest absolute Gasteiger partial charge is 0.497 e. The molecule has 3 heteroatoms. The minimum atomic E-state index is -0.0592. The average molecular weight is 280 g/mol. The highest BCUT2D eigenvalue weighted by atomic mass is 16.5. The molecule has 0 saturated carbocycles. The van der Waals surface area contributed by atoms with Gasteiger partial charge in [-0.05, 0) is 30.2 Å². The van der Waals surface area contributed by atoms with Crippen molar-refractivity contribution in [3.05, 3.63) is 64.3 Å². The van der Waals surface area contributed by atoms with Gasteiger partial charge in [-0.2, -0.15) is 0 Å². The molecule has 3 aromatic rings. The predicted molar refractivity (Wildman–Crippen MR) is 83.9 cm³/mol. The van der Waals surface area contributed by atoms with Crippen LogP contribution in [0.2, 0.25) is 0 Å². The lowest BCUT2D eigenvalue weighted by atomic mass is 10.0. The lowest BCUT2D eigenvalue weighted by Gasteiger charge is -2.08. The number of ether oxygens (including phenoxy) is 1. The molecule has 2 aromatic carbocycles. The van der Waals surface area contributed by atoms with E-state index >= 15 is 0 Å². The molecule has 0 bridgehead atoms. The molecule has 0 aliphatic rings. The Morgan fingerprint density at radius 1 is 1.10 bits per heavy atom. The van der Waals surface area contributed by atoms with Crippen molar-refractivity contribution in [3.63, 3.8) is 0 Å². The van der Waals surface area contributed by atoms with Crippen molar-refractivity contribution in [2.45, 2.75) is 13.3 Å². The highest BCUT2D eigenvalue weighted by Crippen LogP contribution is 2.27. The van der Waals surface area contributed by atoms with E-state index in [9.17, 15) is 4.79 Å². The predicted octanol–water partition coefficient (Wildman–Crippen LogP) is 4.03. The van der Waals surface area contributed by atoms with Gasteiger partial charge in [-0.15, -0.1) is 0 Å². The summed E-state index contributed by atoms with van der Waals surface area (Å²) in [6.45, 7) is 2.09. The fourth-order valence-electron chi connectivity index (χ4n) is 2.46. The third-order valence-electron chi connectivity index (χ3n) is 3.60. The van der Waals surface area contributed by atoms with Crippen LogP contribution in [0, 0.1) is 0 Å². The molecule has 0 radical (unpaired) electrons. The highest BCUT2D eigenvalue weighted by molar-refractivity contribution is 5.80. The molecule has 0 unspecified atom stereocenters. The van der Waals surface area contributed by atoms with E-state index in [1.807, 2.05) is 24.3 Å². The zero-order chi connectivity index (χ0) is 14.8. The fraction of sp³-hybridized carbons (Fsp3) is 0.167. The van der Waals surface area contributed by atoms with Gasteiger partial charge in [0.1, 0.15) is 17.1 Å². The van der Waals surface area contributed by atoms with Gasteiger partial charge in [-0.3, -0.25) is 4.79 Å². The maximum absolute atomic E-state index is 12.3. The Labute approximate surface area is 122 Å². The van der Waals surface area contributed by atoms with Crippen molar-refractivity contribution in [3.8, 4) is 17.1 Å². The molecule has 1 aromatic heterocycles. The first-order chi connectivity index (χ1) is 10.2. The van der Waals surface area contributed by atoms with E-state index in [0.717, 1.165) is 17.5 Å². The van der Waals surface area contributed by atoms with Crippen LogP contribution in [-0.2, 0) is 6.42 Å². The van der Waals surface area contributed by atoms with E-state index in [-0.39, 0.29) is 5.43 Å². The van der Waals surface area contributed by atoms with Gasteiger partial charge in [-0.25, -0.2) is 0 Å². The number of aryl methyl sites for hydroxylation is 1. The van der Waals surface area contributed by atoms with Crippen LogP contribution in [0.25, 0.3) is 22.3 Å². The molecule has 106 valence electrons. The number of hydrogen-bond acceptors (Lipinski definition) is 3. The molecule has 0 saturated heterocycles. The Morgan fingerprint density at radius 2 is 1.90 bits per heavy atom. The van der Waals surface area contributed by atoms with Gasteiger partial charge in [0.25, 0.3) is 0 Å². The van der Waals surface area contributed by atoms with Crippen molar-refractivity contribution < 1.29 is 9.15 Å². The van der Waals surface area contributed by atoms with Crippen LogP contribution >= 0.6 is 0 Å². The Bertz CT molecular complexity index is 846. The Morgan fingerprint density at radius 3 is 2.67 bits per heavy atom. The Kier molecular flexibility index (Phi) is 3.48. The van der Waals surface area contributed by atoms with Crippen LogP contribution in [0.4, 0.5) is 0 Å². The number of benzene rings is 2. The summed E-state index contributed by atoms with van der Waals surface area (Å²) in [5.74, 6) is 1.26. The van der Waals surface area contributed by atoms with Gasteiger partial charge in [-0.1, -0.05) is 31.2 Å². The van der Waals surface area contributed by atoms with Crippen molar-refractivity contribution >= 4 is 11.0 Å². The molecular formula is C18H16O3. The van der Waals surface area contributed by atoms with E-state index in [1.54, 1.807) is 31.4 Å². The maximum atomic E-state index is 12.3. The third kappa shape index (κ3) is 2.42. The molecule has 0 amide bonds. The van der Waals surface area contributed by atoms with Crippen LogP contribution in [-0.4, -0.2) is 7.11 Å². The zero-order valence-corrected chi connectivity index (χ0v) is 12.1. The fourth-order valence-corrected chi connectivity index (χ4v) is 2.46. The van der Waals surface area contributed by atoms with Crippen molar-refractivity contribution in [2.24, 2.45) is 0 Å². The number of rotatable bonds is 3. The first-order valence-corrected chi connectivity index (χ1v) is 6.93. The second-order valence-corrected chi connectivity index (χ2v) is 4.85. The lowest BCUT2D eigenvalue weighted by Crippen LogP contribution is -2.01. The first kappa shape index (κ1) is 13.4. The van der Waals surface area contributed by atoms with Crippen LogP contribution in [0.5, 0.6) is 5.75 Å². The van der Waals surface area contributed by atoms with Gasteiger partial charge in [0.15, 0.2) is 5.43 Å². The summed E-state index contributed by atoms with van der Waals surface area (Å²) in [6, 6.07) is 14.8. The number of hydrogen-bond donors (Lipinski definition) is 0. The zero-order valence-electron chi connectivity index (χ0n) is 12.1. The SMILES string of the molecule is CCc1ccccc1-c1cc(=O)c2cc(OC)ccc2o1. The van der Waals surface area contributed by atoms with Crippen LogP contribution in [0.3, 0.4) is 0 Å².